The first-order valence-corrected chi connectivity index (χ1v) is 8.80. The Morgan fingerprint density at radius 3 is 2.72 bits per heavy atom. The van der Waals surface area contributed by atoms with Crippen LogP contribution in [0.15, 0.2) is 0 Å². The van der Waals surface area contributed by atoms with Crippen molar-refractivity contribution in [3.8, 4) is 0 Å². The van der Waals surface area contributed by atoms with Crippen LogP contribution in [0.25, 0.3) is 0 Å². The Hall–Kier alpha value is 0.160. The van der Waals surface area contributed by atoms with E-state index in [1.165, 1.54) is 0 Å². The van der Waals surface area contributed by atoms with Gasteiger partial charge >= 0.3 is 0 Å². The normalized spacial score (nSPS) is 29.4. The Bertz CT molecular complexity index is 347. The lowest BCUT2D eigenvalue weighted by Crippen LogP contribution is -2.54. The van der Waals surface area contributed by atoms with Gasteiger partial charge < -0.3 is 5.11 Å². The van der Waals surface area contributed by atoms with E-state index in [-0.39, 0.29) is 12.4 Å². The summed E-state index contributed by atoms with van der Waals surface area (Å²) in [5.41, 5.74) is -0.641. The molecule has 0 aliphatic heterocycles. The number of alkyl halides is 1. The van der Waals surface area contributed by atoms with E-state index in [4.69, 9.17) is 11.6 Å². The van der Waals surface area contributed by atoms with Gasteiger partial charge in [0.2, 0.25) is 10.0 Å². The molecule has 0 aromatic heterocycles. The van der Waals surface area contributed by atoms with Crippen LogP contribution in [0.4, 0.5) is 0 Å². The van der Waals surface area contributed by atoms with Gasteiger partial charge in [0.05, 0.1) is 17.9 Å². The molecule has 0 amide bonds. The van der Waals surface area contributed by atoms with Gasteiger partial charge in [0.25, 0.3) is 0 Å². The molecule has 2 atom stereocenters. The molecule has 2 unspecified atom stereocenters. The molecule has 1 rings (SSSR count). The molecule has 1 fully saturated rings. The Morgan fingerprint density at radius 2 is 2.17 bits per heavy atom. The molecule has 0 bridgehead atoms. The van der Waals surface area contributed by atoms with Crippen LogP contribution in [0, 0.1) is 5.92 Å². The molecular weight excluding hydrogens is 274 g/mol. The first-order chi connectivity index (χ1) is 8.43. The quantitative estimate of drug-likeness (QED) is 0.557. The molecule has 2 N–H and O–H groups in total. The summed E-state index contributed by atoms with van der Waals surface area (Å²) >= 11 is 5.54. The minimum absolute atomic E-state index is 0.0931. The van der Waals surface area contributed by atoms with Crippen molar-refractivity contribution < 1.29 is 13.5 Å². The maximum atomic E-state index is 12.0. The Balaban J connectivity index is 2.61. The summed E-state index contributed by atoms with van der Waals surface area (Å²) < 4.78 is 26.7. The average Bonchev–Trinajstić information content (AvgIpc) is 2.28. The molecule has 0 aromatic rings. The van der Waals surface area contributed by atoms with E-state index >= 15 is 0 Å². The van der Waals surface area contributed by atoms with E-state index in [2.05, 4.69) is 11.6 Å². The lowest BCUT2D eigenvalue weighted by molar-refractivity contribution is 0.119. The highest BCUT2D eigenvalue weighted by Gasteiger charge is 2.37. The molecular formula is C12H24ClNO3S. The average molecular weight is 298 g/mol. The first-order valence-electron chi connectivity index (χ1n) is 6.61. The molecule has 0 heterocycles. The summed E-state index contributed by atoms with van der Waals surface area (Å²) in [4.78, 5) is 0. The van der Waals surface area contributed by atoms with Crippen LogP contribution >= 0.6 is 11.6 Å². The van der Waals surface area contributed by atoms with Crippen LogP contribution in [-0.2, 0) is 10.0 Å². The van der Waals surface area contributed by atoms with Gasteiger partial charge in [-0.3, -0.25) is 0 Å². The third-order valence-electron chi connectivity index (χ3n) is 3.56. The zero-order valence-electron chi connectivity index (χ0n) is 11.0. The van der Waals surface area contributed by atoms with Gasteiger partial charge in [-0.05, 0) is 31.6 Å². The van der Waals surface area contributed by atoms with E-state index in [1.807, 2.05) is 0 Å². The number of hydrogen-bond donors (Lipinski definition) is 2. The highest BCUT2D eigenvalue weighted by Crippen LogP contribution is 2.32. The number of halogens is 1. The maximum Gasteiger partial charge on any atom is 0.212 e. The van der Waals surface area contributed by atoms with Gasteiger partial charge in [-0.2, -0.15) is 0 Å². The second-order valence-corrected chi connectivity index (χ2v) is 7.68. The van der Waals surface area contributed by atoms with Gasteiger partial charge in [0, 0.05) is 5.88 Å². The number of nitrogens with one attached hydrogen (secondary N) is 1. The van der Waals surface area contributed by atoms with Gasteiger partial charge in [-0.1, -0.05) is 19.8 Å². The molecule has 0 radical (unpaired) electrons. The molecule has 18 heavy (non-hydrogen) atoms. The zero-order chi connectivity index (χ0) is 13.6. The number of hydrogen-bond acceptors (Lipinski definition) is 3. The minimum Gasteiger partial charge on any atom is -0.394 e. The maximum absolute atomic E-state index is 12.0. The van der Waals surface area contributed by atoms with Crippen molar-refractivity contribution in [1.29, 1.82) is 0 Å². The van der Waals surface area contributed by atoms with Crippen molar-refractivity contribution in [3.63, 3.8) is 0 Å². The largest absolute Gasteiger partial charge is 0.394 e. The fourth-order valence-electron chi connectivity index (χ4n) is 2.70. The monoisotopic (exact) mass is 297 g/mol. The van der Waals surface area contributed by atoms with Crippen LogP contribution < -0.4 is 4.72 Å². The van der Waals surface area contributed by atoms with Gasteiger partial charge in [0.1, 0.15) is 0 Å². The predicted octanol–water partition coefficient (Wildman–Crippen LogP) is 1.87. The topological polar surface area (TPSA) is 66.4 Å². The van der Waals surface area contributed by atoms with Gasteiger partial charge in [-0.15, -0.1) is 11.6 Å². The minimum atomic E-state index is -3.32. The summed E-state index contributed by atoms with van der Waals surface area (Å²) in [5.74, 6) is 1.03. The third kappa shape index (κ3) is 5.03. The van der Waals surface area contributed by atoms with Crippen molar-refractivity contribution >= 4 is 21.6 Å². The van der Waals surface area contributed by atoms with E-state index < -0.39 is 15.6 Å². The number of aliphatic hydroxyl groups excluding tert-OH is 1. The smallest absolute Gasteiger partial charge is 0.212 e. The van der Waals surface area contributed by atoms with Crippen molar-refractivity contribution in [3.05, 3.63) is 0 Å². The first kappa shape index (κ1) is 16.2. The fraction of sp³-hybridized carbons (Fsp3) is 1.00. The summed E-state index contributed by atoms with van der Waals surface area (Å²) in [6.07, 6.45) is 4.78. The summed E-state index contributed by atoms with van der Waals surface area (Å²) in [7, 11) is -3.32. The summed E-state index contributed by atoms with van der Waals surface area (Å²) in [6, 6.07) is 0. The zero-order valence-corrected chi connectivity index (χ0v) is 12.6. The molecule has 1 aliphatic rings. The molecule has 4 nitrogen and oxygen atoms in total. The van der Waals surface area contributed by atoms with Crippen molar-refractivity contribution in [2.75, 3.05) is 18.2 Å². The van der Waals surface area contributed by atoms with Crippen LogP contribution in [0.5, 0.6) is 0 Å². The number of rotatable bonds is 7. The molecule has 1 aliphatic carbocycles. The lowest BCUT2D eigenvalue weighted by atomic mass is 9.78. The standard InChI is InChI=1S/C12H24ClNO3S/c1-11-5-4-6-12(9-11,10-15)14-18(16,17)8-3-2-7-13/h11,14-15H,2-10H2,1H3. The fourth-order valence-corrected chi connectivity index (χ4v) is 4.48. The van der Waals surface area contributed by atoms with E-state index in [1.54, 1.807) is 0 Å². The highest BCUT2D eigenvalue weighted by atomic mass is 35.5. The third-order valence-corrected chi connectivity index (χ3v) is 5.40. The predicted molar refractivity (Wildman–Crippen MR) is 74.3 cm³/mol. The molecule has 0 saturated heterocycles. The van der Waals surface area contributed by atoms with Crippen molar-refractivity contribution in [2.24, 2.45) is 5.92 Å². The lowest BCUT2D eigenvalue weighted by Gasteiger charge is -2.39. The van der Waals surface area contributed by atoms with E-state index in [0.29, 0.717) is 24.6 Å². The van der Waals surface area contributed by atoms with Crippen LogP contribution in [-0.4, -0.2) is 37.3 Å². The number of unbranched alkanes of at least 4 members (excludes halogenated alkanes) is 1. The highest BCUT2D eigenvalue weighted by molar-refractivity contribution is 7.89. The second-order valence-electron chi connectivity index (χ2n) is 5.46. The number of sulfonamides is 1. The van der Waals surface area contributed by atoms with E-state index in [9.17, 15) is 13.5 Å². The van der Waals surface area contributed by atoms with Crippen LogP contribution in [0.1, 0.15) is 45.4 Å². The SMILES string of the molecule is CC1CCCC(CO)(NS(=O)(=O)CCCCCl)C1. The second kappa shape index (κ2) is 7.08. The van der Waals surface area contributed by atoms with Crippen molar-refractivity contribution in [1.82, 2.24) is 4.72 Å². The molecule has 6 heteroatoms. The Labute approximate surface area is 115 Å². The van der Waals surface area contributed by atoms with Gasteiger partial charge in [0.15, 0.2) is 0 Å². The summed E-state index contributed by atoms with van der Waals surface area (Å²) in [6.45, 7) is 1.98. The van der Waals surface area contributed by atoms with Gasteiger partial charge in [-0.25, -0.2) is 13.1 Å². The summed E-state index contributed by atoms with van der Waals surface area (Å²) in [5, 5.41) is 9.55. The molecule has 1 saturated carbocycles. The molecule has 0 spiro atoms. The Morgan fingerprint density at radius 1 is 1.44 bits per heavy atom. The van der Waals surface area contributed by atoms with Crippen LogP contribution in [0.2, 0.25) is 0 Å². The molecule has 108 valence electrons. The van der Waals surface area contributed by atoms with Crippen LogP contribution in [0.3, 0.4) is 0 Å². The Kier molecular flexibility index (Phi) is 6.38. The van der Waals surface area contributed by atoms with Crippen molar-refractivity contribution in [2.45, 2.75) is 51.0 Å². The molecule has 0 aromatic carbocycles. The number of aliphatic hydroxyl groups is 1. The van der Waals surface area contributed by atoms with E-state index in [0.717, 1.165) is 25.7 Å².